The van der Waals surface area contributed by atoms with Gasteiger partial charge in [-0.15, -0.1) is 0 Å². The lowest BCUT2D eigenvalue weighted by molar-refractivity contribution is -0.273. The summed E-state index contributed by atoms with van der Waals surface area (Å²) in [5, 5.41) is -4.45. The van der Waals surface area contributed by atoms with Gasteiger partial charge in [0.1, 0.15) is 11.4 Å². The predicted octanol–water partition coefficient (Wildman–Crippen LogP) is 4.60. The topological polar surface area (TPSA) is 56.3 Å². The summed E-state index contributed by atoms with van der Waals surface area (Å²) in [6, 6.07) is 8.11. The second kappa shape index (κ2) is 6.71. The SMILES string of the molecule is O=C(CCC(=O)c1ccccn1)c1ccc2c(c1)SC(F)(F)C(F)(F)O2. The Balaban J connectivity index is 1.71. The Morgan fingerprint density at radius 2 is 1.77 bits per heavy atom. The molecular weight excluding hydrogens is 374 g/mol. The summed E-state index contributed by atoms with van der Waals surface area (Å²) in [5.41, 5.74) is 0.256. The Kier molecular flexibility index (Phi) is 4.74. The van der Waals surface area contributed by atoms with Crippen molar-refractivity contribution in [3.63, 3.8) is 0 Å². The summed E-state index contributed by atoms with van der Waals surface area (Å²) in [6.07, 6.45) is -3.45. The van der Waals surface area contributed by atoms with E-state index < -0.39 is 22.9 Å². The van der Waals surface area contributed by atoms with Gasteiger partial charge in [0.15, 0.2) is 11.6 Å². The van der Waals surface area contributed by atoms with E-state index in [-0.39, 0.29) is 46.5 Å². The lowest BCUT2D eigenvalue weighted by atomic mass is 10.0. The largest absolute Gasteiger partial charge is 0.475 e. The molecule has 3 rings (SSSR count). The predicted molar refractivity (Wildman–Crippen MR) is 85.0 cm³/mol. The van der Waals surface area contributed by atoms with Gasteiger partial charge in [0, 0.05) is 24.6 Å². The van der Waals surface area contributed by atoms with Gasteiger partial charge < -0.3 is 4.74 Å². The average molecular weight is 385 g/mol. The Morgan fingerprint density at radius 3 is 2.46 bits per heavy atom. The fourth-order valence-electron chi connectivity index (χ4n) is 2.27. The molecule has 0 amide bonds. The number of thioether (sulfide) groups is 1. The Hall–Kier alpha value is -2.42. The van der Waals surface area contributed by atoms with E-state index in [1.54, 1.807) is 12.1 Å². The minimum Gasteiger partial charge on any atom is -0.426 e. The third kappa shape index (κ3) is 3.57. The summed E-state index contributed by atoms with van der Waals surface area (Å²) < 4.78 is 57.2. The van der Waals surface area contributed by atoms with Crippen LogP contribution in [0.5, 0.6) is 5.75 Å². The number of hydrogen-bond donors (Lipinski definition) is 0. The Bertz CT molecular complexity index is 858. The van der Waals surface area contributed by atoms with E-state index in [2.05, 4.69) is 9.72 Å². The van der Waals surface area contributed by atoms with Crippen LogP contribution in [0.25, 0.3) is 0 Å². The van der Waals surface area contributed by atoms with E-state index >= 15 is 0 Å². The molecular formula is C17H11F4NO3S. The number of alkyl halides is 4. The van der Waals surface area contributed by atoms with Crippen molar-refractivity contribution in [3.05, 3.63) is 53.9 Å². The smallest absolute Gasteiger partial charge is 0.426 e. The Morgan fingerprint density at radius 1 is 1.04 bits per heavy atom. The standard InChI is InChI=1S/C17H11F4NO3S/c18-16(19)17(20,21)26-15-9-10(4-7-14(15)25-16)12(23)5-6-13(24)11-3-1-2-8-22-11/h1-4,7-9H,5-6H2. The van der Waals surface area contributed by atoms with Gasteiger partial charge in [-0.05, 0) is 42.1 Å². The number of carbonyl (C=O) groups excluding carboxylic acids is 2. The van der Waals surface area contributed by atoms with Gasteiger partial charge >= 0.3 is 11.4 Å². The van der Waals surface area contributed by atoms with E-state index in [4.69, 9.17) is 0 Å². The van der Waals surface area contributed by atoms with Crippen LogP contribution in [-0.4, -0.2) is 27.9 Å². The summed E-state index contributed by atoms with van der Waals surface area (Å²) in [6.45, 7) is 0. The summed E-state index contributed by atoms with van der Waals surface area (Å²) in [5.74, 6) is -1.23. The molecule has 9 heteroatoms. The number of ketones is 2. The number of hydrogen-bond acceptors (Lipinski definition) is 5. The number of rotatable bonds is 5. The molecule has 1 aliphatic rings. The molecule has 2 heterocycles. The molecule has 0 atom stereocenters. The zero-order valence-electron chi connectivity index (χ0n) is 13.0. The van der Waals surface area contributed by atoms with Crippen molar-refractivity contribution >= 4 is 23.3 Å². The molecule has 0 fully saturated rings. The Labute approximate surface area is 149 Å². The fraction of sp³-hybridized carbons (Fsp3) is 0.235. The molecule has 2 aromatic rings. The van der Waals surface area contributed by atoms with Crippen molar-refractivity contribution in [2.75, 3.05) is 0 Å². The maximum atomic E-state index is 13.4. The first kappa shape index (κ1) is 18.4. The van der Waals surface area contributed by atoms with E-state index in [0.717, 1.165) is 12.1 Å². The average Bonchev–Trinajstić information content (AvgIpc) is 2.60. The molecule has 0 unspecified atom stereocenters. The summed E-state index contributed by atoms with van der Waals surface area (Å²) >= 11 is -0.364. The number of pyridine rings is 1. The van der Waals surface area contributed by atoms with Crippen LogP contribution in [0.15, 0.2) is 47.5 Å². The highest BCUT2D eigenvalue weighted by atomic mass is 32.2. The minimum atomic E-state index is -4.63. The van der Waals surface area contributed by atoms with Crippen molar-refractivity contribution in [1.29, 1.82) is 0 Å². The molecule has 0 radical (unpaired) electrons. The van der Waals surface area contributed by atoms with Crippen molar-refractivity contribution in [2.45, 2.75) is 29.1 Å². The second-order valence-corrected chi connectivity index (χ2v) is 6.62. The first-order chi connectivity index (χ1) is 12.2. The van der Waals surface area contributed by atoms with Crippen molar-refractivity contribution in [3.8, 4) is 5.75 Å². The van der Waals surface area contributed by atoms with Gasteiger partial charge in [0.25, 0.3) is 0 Å². The molecule has 1 aromatic heterocycles. The van der Waals surface area contributed by atoms with E-state index in [1.165, 1.54) is 18.3 Å². The molecule has 0 saturated heterocycles. The highest BCUT2D eigenvalue weighted by Crippen LogP contribution is 2.54. The number of halogens is 4. The first-order valence-corrected chi connectivity index (χ1v) is 8.26. The molecule has 1 aliphatic heterocycles. The van der Waals surface area contributed by atoms with Gasteiger partial charge in [-0.25, -0.2) is 0 Å². The van der Waals surface area contributed by atoms with Crippen LogP contribution >= 0.6 is 11.8 Å². The van der Waals surface area contributed by atoms with Gasteiger partial charge in [-0.2, -0.15) is 17.6 Å². The monoisotopic (exact) mass is 385 g/mol. The van der Waals surface area contributed by atoms with E-state index in [9.17, 15) is 27.2 Å². The zero-order valence-corrected chi connectivity index (χ0v) is 13.9. The molecule has 0 spiro atoms. The third-order valence-corrected chi connectivity index (χ3v) is 4.64. The molecule has 1 aromatic carbocycles. The van der Waals surface area contributed by atoms with Crippen LogP contribution in [-0.2, 0) is 0 Å². The van der Waals surface area contributed by atoms with E-state index in [0.29, 0.717) is 0 Å². The normalized spacial score (nSPS) is 17.1. The summed E-state index contributed by atoms with van der Waals surface area (Å²) in [4.78, 5) is 27.8. The lowest BCUT2D eigenvalue weighted by Gasteiger charge is -2.31. The van der Waals surface area contributed by atoms with Gasteiger partial charge in [-0.3, -0.25) is 14.6 Å². The van der Waals surface area contributed by atoms with Gasteiger partial charge in [-0.1, -0.05) is 6.07 Å². The maximum absolute atomic E-state index is 13.4. The fourth-order valence-corrected chi connectivity index (χ4v) is 3.10. The van der Waals surface area contributed by atoms with Crippen LogP contribution in [0.3, 0.4) is 0 Å². The highest BCUT2D eigenvalue weighted by molar-refractivity contribution is 8.00. The molecule has 0 N–H and O–H groups in total. The van der Waals surface area contributed by atoms with Crippen LogP contribution in [0.2, 0.25) is 0 Å². The molecule has 0 aliphatic carbocycles. The molecule has 136 valence electrons. The number of ether oxygens (including phenoxy) is 1. The minimum absolute atomic E-state index is 0.0367. The van der Waals surface area contributed by atoms with Crippen molar-refractivity contribution in [1.82, 2.24) is 4.98 Å². The van der Waals surface area contributed by atoms with Gasteiger partial charge in [0.2, 0.25) is 0 Å². The van der Waals surface area contributed by atoms with Crippen molar-refractivity contribution in [2.24, 2.45) is 0 Å². The number of fused-ring (bicyclic) bond motifs is 1. The lowest BCUT2D eigenvalue weighted by Crippen LogP contribution is -2.45. The third-order valence-electron chi connectivity index (χ3n) is 3.61. The molecule has 4 nitrogen and oxygen atoms in total. The van der Waals surface area contributed by atoms with Crippen LogP contribution in [0, 0.1) is 0 Å². The molecule has 0 saturated carbocycles. The first-order valence-electron chi connectivity index (χ1n) is 7.45. The highest BCUT2D eigenvalue weighted by Gasteiger charge is 2.63. The zero-order chi connectivity index (χ0) is 18.9. The number of benzene rings is 1. The second-order valence-electron chi connectivity index (χ2n) is 5.46. The molecule has 26 heavy (non-hydrogen) atoms. The number of aromatic nitrogens is 1. The van der Waals surface area contributed by atoms with Crippen LogP contribution in [0.1, 0.15) is 33.7 Å². The van der Waals surface area contributed by atoms with E-state index in [1.807, 2.05) is 0 Å². The number of nitrogens with zero attached hydrogens (tertiary/aromatic N) is 1. The maximum Gasteiger partial charge on any atom is 0.475 e. The van der Waals surface area contributed by atoms with Crippen LogP contribution in [0.4, 0.5) is 17.6 Å². The number of Topliss-reactive ketones (excluding diaryl/α,β-unsaturated/α-hetero) is 2. The van der Waals surface area contributed by atoms with Gasteiger partial charge in [0.05, 0.1) is 4.90 Å². The summed E-state index contributed by atoms with van der Waals surface area (Å²) in [7, 11) is 0. The van der Waals surface area contributed by atoms with Crippen LogP contribution < -0.4 is 4.74 Å². The quantitative estimate of drug-likeness (QED) is 0.556. The molecule has 0 bridgehead atoms. The number of carbonyl (C=O) groups is 2. The van der Waals surface area contributed by atoms with Crippen molar-refractivity contribution < 1.29 is 31.9 Å².